The molecule has 330 valence electrons. The molecule has 3 N–H and O–H groups in total. The second-order valence-corrected chi connectivity index (χ2v) is 16.2. The van der Waals surface area contributed by atoms with Gasteiger partial charge in [0.25, 0.3) is 0 Å². The molecule has 0 aromatic heterocycles. The maximum Gasteiger partial charge on any atom is 0.306 e. The zero-order valence-electron chi connectivity index (χ0n) is 37.5. The smallest absolute Gasteiger partial charge is 0.306 e. The molecule has 0 heterocycles. The second-order valence-electron chi connectivity index (χ2n) is 16.2. The van der Waals surface area contributed by atoms with Crippen molar-refractivity contribution in [3.63, 3.8) is 0 Å². The Bertz CT molecular complexity index is 1030. The molecule has 3 atom stereocenters. The summed E-state index contributed by atoms with van der Waals surface area (Å²) in [5, 5.41) is 23.6. The minimum atomic E-state index is -0.798. The number of unbranched alkanes of at least 4 members (excludes halogenated alkanes) is 23. The van der Waals surface area contributed by atoms with Gasteiger partial charge >= 0.3 is 5.97 Å². The van der Waals surface area contributed by atoms with Gasteiger partial charge in [-0.2, -0.15) is 0 Å². The summed E-state index contributed by atoms with van der Waals surface area (Å²) in [6, 6.07) is -0.714. The lowest BCUT2D eigenvalue weighted by atomic mass is 10.0. The van der Waals surface area contributed by atoms with Gasteiger partial charge in [0.15, 0.2) is 0 Å². The van der Waals surface area contributed by atoms with E-state index < -0.39 is 18.2 Å². The molecule has 6 heteroatoms. The maximum absolute atomic E-state index is 13.1. The molecule has 0 saturated carbocycles. The first-order chi connectivity index (χ1) is 28.0. The monoisotopic (exact) mass is 798 g/mol. The molecule has 57 heavy (non-hydrogen) atoms. The molecule has 0 aromatic carbocycles. The van der Waals surface area contributed by atoms with Crippen LogP contribution < -0.4 is 5.32 Å². The molecule has 0 bridgehead atoms. The molecule has 0 saturated heterocycles. The van der Waals surface area contributed by atoms with Crippen molar-refractivity contribution in [3.05, 3.63) is 60.8 Å². The summed E-state index contributed by atoms with van der Waals surface area (Å²) in [6.07, 6.45) is 54.2. The highest BCUT2D eigenvalue weighted by molar-refractivity contribution is 5.77. The number of aliphatic hydroxyl groups is 2. The normalized spacial score (nSPS) is 13.8. The SMILES string of the molecule is CC/C=C/C=C/C=C\CCCCCCCC(=O)OC(CCCCC/C=C/C=C/CCCCCCCCC)CC(=O)NC(CO)C(O)CCCCCCCCCCC. The largest absolute Gasteiger partial charge is 0.462 e. The Morgan fingerprint density at radius 2 is 0.947 bits per heavy atom. The van der Waals surface area contributed by atoms with E-state index in [0.717, 1.165) is 96.3 Å². The number of amides is 1. The lowest BCUT2D eigenvalue weighted by Gasteiger charge is -2.24. The molecule has 0 aliphatic heterocycles. The molecule has 0 aliphatic rings. The van der Waals surface area contributed by atoms with Crippen LogP contribution in [0.15, 0.2) is 60.8 Å². The third kappa shape index (κ3) is 40.1. The number of aliphatic hydroxyl groups excluding tert-OH is 2. The van der Waals surface area contributed by atoms with Gasteiger partial charge in [-0.25, -0.2) is 0 Å². The average Bonchev–Trinajstić information content (AvgIpc) is 3.20. The molecular formula is C51H91NO5. The second kappa shape index (κ2) is 44.7. The molecule has 0 fully saturated rings. The number of hydrogen-bond donors (Lipinski definition) is 3. The van der Waals surface area contributed by atoms with E-state index in [1.165, 1.54) is 83.5 Å². The Morgan fingerprint density at radius 1 is 0.526 bits per heavy atom. The van der Waals surface area contributed by atoms with Gasteiger partial charge in [0.1, 0.15) is 6.10 Å². The number of ether oxygens (including phenoxy) is 1. The zero-order valence-corrected chi connectivity index (χ0v) is 37.5. The molecule has 0 aromatic rings. The third-order valence-electron chi connectivity index (χ3n) is 10.7. The van der Waals surface area contributed by atoms with Gasteiger partial charge in [-0.15, -0.1) is 0 Å². The number of carbonyl (C=O) groups excluding carboxylic acids is 2. The van der Waals surface area contributed by atoms with Crippen LogP contribution in [-0.4, -0.2) is 46.9 Å². The fraction of sp³-hybridized carbons (Fsp3) is 0.765. The van der Waals surface area contributed by atoms with Crippen LogP contribution in [0.4, 0.5) is 0 Å². The van der Waals surface area contributed by atoms with Crippen molar-refractivity contribution < 1.29 is 24.5 Å². The molecule has 0 spiro atoms. The molecule has 1 amide bonds. The minimum absolute atomic E-state index is 0.0496. The van der Waals surface area contributed by atoms with Crippen molar-refractivity contribution in [2.75, 3.05) is 6.61 Å². The first kappa shape index (κ1) is 54.6. The molecule has 0 rings (SSSR count). The van der Waals surface area contributed by atoms with Crippen molar-refractivity contribution in [3.8, 4) is 0 Å². The molecule has 0 radical (unpaired) electrons. The quantitative estimate of drug-likeness (QED) is 0.0325. The predicted molar refractivity (Wildman–Crippen MR) is 245 cm³/mol. The molecule has 0 aliphatic carbocycles. The van der Waals surface area contributed by atoms with Crippen LogP contribution in [-0.2, 0) is 14.3 Å². The Kier molecular flexibility index (Phi) is 42.7. The number of hydrogen-bond acceptors (Lipinski definition) is 5. The number of nitrogens with one attached hydrogen (secondary N) is 1. The summed E-state index contributed by atoms with van der Waals surface area (Å²) in [7, 11) is 0. The number of rotatable bonds is 42. The minimum Gasteiger partial charge on any atom is -0.462 e. The Hall–Kier alpha value is -2.44. The highest BCUT2D eigenvalue weighted by atomic mass is 16.5. The van der Waals surface area contributed by atoms with Gasteiger partial charge in [0.05, 0.1) is 25.2 Å². The van der Waals surface area contributed by atoms with E-state index in [0.29, 0.717) is 19.3 Å². The van der Waals surface area contributed by atoms with Crippen molar-refractivity contribution in [2.24, 2.45) is 0 Å². The summed E-state index contributed by atoms with van der Waals surface area (Å²) in [5.41, 5.74) is 0. The summed E-state index contributed by atoms with van der Waals surface area (Å²) in [5.74, 6) is -0.527. The molecule has 3 unspecified atom stereocenters. The van der Waals surface area contributed by atoms with Gasteiger partial charge in [-0.3, -0.25) is 9.59 Å². The molecular weight excluding hydrogens is 707 g/mol. The van der Waals surface area contributed by atoms with E-state index in [1.807, 2.05) is 0 Å². The summed E-state index contributed by atoms with van der Waals surface area (Å²) >= 11 is 0. The van der Waals surface area contributed by atoms with E-state index in [2.05, 4.69) is 86.8 Å². The van der Waals surface area contributed by atoms with Crippen LogP contribution in [0.3, 0.4) is 0 Å². The van der Waals surface area contributed by atoms with Crippen LogP contribution >= 0.6 is 0 Å². The van der Waals surface area contributed by atoms with Crippen LogP contribution in [0.1, 0.15) is 226 Å². The van der Waals surface area contributed by atoms with Gasteiger partial charge in [-0.1, -0.05) is 204 Å². The van der Waals surface area contributed by atoms with Crippen molar-refractivity contribution in [1.29, 1.82) is 0 Å². The third-order valence-corrected chi connectivity index (χ3v) is 10.7. The van der Waals surface area contributed by atoms with E-state index in [1.54, 1.807) is 0 Å². The van der Waals surface area contributed by atoms with Gasteiger partial charge in [0, 0.05) is 6.42 Å². The Balaban J connectivity index is 4.69. The number of carbonyl (C=O) groups is 2. The van der Waals surface area contributed by atoms with E-state index >= 15 is 0 Å². The van der Waals surface area contributed by atoms with Crippen LogP contribution in [0, 0.1) is 0 Å². The van der Waals surface area contributed by atoms with Gasteiger partial charge in [-0.05, 0) is 70.6 Å². The van der Waals surface area contributed by atoms with Crippen molar-refractivity contribution in [2.45, 2.75) is 244 Å². The number of esters is 1. The highest BCUT2D eigenvalue weighted by Crippen LogP contribution is 2.17. The highest BCUT2D eigenvalue weighted by Gasteiger charge is 2.24. The lowest BCUT2D eigenvalue weighted by molar-refractivity contribution is -0.151. The van der Waals surface area contributed by atoms with E-state index in [4.69, 9.17) is 4.74 Å². The van der Waals surface area contributed by atoms with Crippen molar-refractivity contribution >= 4 is 11.9 Å². The van der Waals surface area contributed by atoms with Crippen LogP contribution in [0.5, 0.6) is 0 Å². The molecule has 6 nitrogen and oxygen atoms in total. The first-order valence-corrected chi connectivity index (χ1v) is 24.1. The first-order valence-electron chi connectivity index (χ1n) is 24.1. The summed E-state index contributed by atoms with van der Waals surface area (Å²) < 4.78 is 5.89. The lowest BCUT2D eigenvalue weighted by Crippen LogP contribution is -2.46. The fourth-order valence-electron chi connectivity index (χ4n) is 7.01. The van der Waals surface area contributed by atoms with E-state index in [9.17, 15) is 19.8 Å². The van der Waals surface area contributed by atoms with Crippen LogP contribution in [0.25, 0.3) is 0 Å². The van der Waals surface area contributed by atoms with Crippen LogP contribution in [0.2, 0.25) is 0 Å². The fourth-order valence-corrected chi connectivity index (χ4v) is 7.01. The maximum atomic E-state index is 13.1. The summed E-state index contributed by atoms with van der Waals surface area (Å²) in [6.45, 7) is 6.30. The Morgan fingerprint density at radius 3 is 1.46 bits per heavy atom. The topological polar surface area (TPSA) is 95.9 Å². The Labute approximate surface area is 352 Å². The van der Waals surface area contributed by atoms with Gasteiger partial charge < -0.3 is 20.3 Å². The average molecular weight is 798 g/mol. The zero-order chi connectivity index (χ0) is 41.7. The van der Waals surface area contributed by atoms with E-state index in [-0.39, 0.29) is 24.9 Å². The number of allylic oxidation sites excluding steroid dienone is 10. The standard InChI is InChI=1S/C51H91NO5/c1-4-7-10-13-16-19-21-23-24-25-27-28-31-33-36-39-42-47(57-51(56)44-41-38-35-32-29-26-22-20-17-14-11-8-5-2)45-50(55)52-48(46-53)49(54)43-40-37-34-30-18-15-12-9-6-3/h8,11,14,17,20,22,24-25,27-28,47-49,53-54H,4-7,9-10,12-13,15-16,18-19,21,23,26,29-46H2,1-3H3,(H,52,55)/b11-8+,17-14+,22-20-,25-24+,28-27+. The van der Waals surface area contributed by atoms with Gasteiger partial charge in [0.2, 0.25) is 5.91 Å². The summed E-state index contributed by atoms with van der Waals surface area (Å²) in [4.78, 5) is 26.0. The van der Waals surface area contributed by atoms with Crippen molar-refractivity contribution in [1.82, 2.24) is 5.32 Å². The predicted octanol–water partition coefficient (Wildman–Crippen LogP) is 14.1.